The van der Waals surface area contributed by atoms with Crippen molar-refractivity contribution < 1.29 is 8.42 Å². The first-order valence-electron chi connectivity index (χ1n) is 9.47. The Kier molecular flexibility index (Phi) is 6.45. The fourth-order valence-corrected chi connectivity index (χ4v) is 4.12. The van der Waals surface area contributed by atoms with E-state index in [4.69, 9.17) is 0 Å². The number of benzene rings is 2. The molecule has 0 unspecified atom stereocenters. The van der Waals surface area contributed by atoms with Gasteiger partial charge >= 0.3 is 0 Å². The summed E-state index contributed by atoms with van der Waals surface area (Å²) in [7, 11) is -2.87. The van der Waals surface area contributed by atoms with Crippen LogP contribution in [0.4, 0.5) is 0 Å². The van der Waals surface area contributed by atoms with Crippen molar-refractivity contribution in [2.45, 2.75) is 32.7 Å². The maximum atomic E-state index is 11.6. The Balaban J connectivity index is 1.77. The van der Waals surface area contributed by atoms with Crippen LogP contribution in [0.1, 0.15) is 26.2 Å². The average molecular weight is 383 g/mol. The molecule has 0 radical (unpaired) electrons. The lowest BCUT2D eigenvalue weighted by molar-refractivity contribution is 0.579. The predicted molar refractivity (Wildman–Crippen MR) is 111 cm³/mol. The highest BCUT2D eigenvalue weighted by molar-refractivity contribution is 7.91. The second-order valence-electron chi connectivity index (χ2n) is 6.66. The van der Waals surface area contributed by atoms with Gasteiger partial charge in [-0.15, -0.1) is 0 Å². The lowest BCUT2D eigenvalue weighted by Gasteiger charge is -2.11. The summed E-state index contributed by atoms with van der Waals surface area (Å²) in [6, 6.07) is 20.5. The summed E-state index contributed by atoms with van der Waals surface area (Å²) in [4.78, 5) is 4.68. The summed E-state index contributed by atoms with van der Waals surface area (Å²) in [5.41, 5.74) is 4.34. The van der Waals surface area contributed by atoms with Crippen LogP contribution in [0.25, 0.3) is 22.5 Å². The summed E-state index contributed by atoms with van der Waals surface area (Å²) in [5, 5.41) is 0. The minimum atomic E-state index is -2.87. The number of rotatable bonds is 9. The molecule has 0 saturated carbocycles. The van der Waals surface area contributed by atoms with E-state index in [-0.39, 0.29) is 11.5 Å². The van der Waals surface area contributed by atoms with Gasteiger partial charge in [0.1, 0.15) is 9.84 Å². The molecule has 3 rings (SSSR count). The lowest BCUT2D eigenvalue weighted by atomic mass is 10.0. The van der Waals surface area contributed by atoms with Crippen molar-refractivity contribution in [3.8, 4) is 22.5 Å². The van der Waals surface area contributed by atoms with Crippen LogP contribution in [0.15, 0.2) is 67.0 Å². The van der Waals surface area contributed by atoms with Crippen molar-refractivity contribution in [2.75, 3.05) is 11.5 Å². The molecule has 0 N–H and O–H groups in total. The van der Waals surface area contributed by atoms with Crippen molar-refractivity contribution in [3.05, 3.63) is 67.0 Å². The number of imidazole rings is 1. The number of unbranched alkanes of at least 4 members (excludes halogenated alkanes) is 2. The molecule has 0 bridgehead atoms. The Bertz CT molecular complexity index is 948. The number of aromatic nitrogens is 2. The SMILES string of the molecule is CCS(=O)(=O)CCCCCn1cnc(-c2ccccc2)c1-c1ccccc1. The van der Waals surface area contributed by atoms with Crippen LogP contribution in [0.5, 0.6) is 0 Å². The van der Waals surface area contributed by atoms with Gasteiger partial charge in [-0.25, -0.2) is 13.4 Å². The van der Waals surface area contributed by atoms with Crippen LogP contribution in [0.3, 0.4) is 0 Å². The second-order valence-corrected chi connectivity index (χ2v) is 9.14. The third kappa shape index (κ3) is 5.07. The zero-order valence-corrected chi connectivity index (χ0v) is 16.5. The van der Waals surface area contributed by atoms with E-state index in [1.807, 2.05) is 42.7 Å². The normalized spacial score (nSPS) is 11.6. The molecule has 1 heterocycles. The molecule has 27 heavy (non-hydrogen) atoms. The standard InChI is InChI=1S/C22H26N2O2S/c1-2-27(25,26)17-11-5-10-16-24-18-23-21(19-12-6-3-7-13-19)22(24)20-14-8-4-9-15-20/h3-4,6-9,12-15,18H,2,5,10-11,16-17H2,1H3. The van der Waals surface area contributed by atoms with Gasteiger partial charge < -0.3 is 4.57 Å². The minimum Gasteiger partial charge on any atom is -0.330 e. The molecule has 0 atom stereocenters. The van der Waals surface area contributed by atoms with E-state index in [0.717, 1.165) is 48.3 Å². The molecule has 0 aliphatic rings. The second kappa shape index (κ2) is 9.00. The monoisotopic (exact) mass is 382 g/mol. The average Bonchev–Trinajstić information content (AvgIpc) is 3.13. The van der Waals surface area contributed by atoms with Gasteiger partial charge in [0.15, 0.2) is 0 Å². The van der Waals surface area contributed by atoms with Crippen LogP contribution >= 0.6 is 0 Å². The fourth-order valence-electron chi connectivity index (χ4n) is 3.18. The first kappa shape index (κ1) is 19.4. The first-order chi connectivity index (χ1) is 13.1. The molecule has 0 fully saturated rings. The van der Waals surface area contributed by atoms with E-state index in [1.165, 1.54) is 0 Å². The van der Waals surface area contributed by atoms with E-state index in [1.54, 1.807) is 6.92 Å². The van der Waals surface area contributed by atoms with Crippen molar-refractivity contribution in [3.63, 3.8) is 0 Å². The molecule has 1 aromatic heterocycles. The van der Waals surface area contributed by atoms with Gasteiger partial charge in [-0.2, -0.15) is 0 Å². The summed E-state index contributed by atoms with van der Waals surface area (Å²) in [6.45, 7) is 2.54. The molecular formula is C22H26N2O2S. The summed E-state index contributed by atoms with van der Waals surface area (Å²) < 4.78 is 25.4. The van der Waals surface area contributed by atoms with E-state index in [9.17, 15) is 8.42 Å². The maximum absolute atomic E-state index is 11.6. The van der Waals surface area contributed by atoms with Gasteiger partial charge in [-0.3, -0.25) is 0 Å². The van der Waals surface area contributed by atoms with Gasteiger partial charge in [0.05, 0.1) is 23.5 Å². The highest BCUT2D eigenvalue weighted by Crippen LogP contribution is 2.31. The van der Waals surface area contributed by atoms with Gasteiger partial charge in [0.25, 0.3) is 0 Å². The lowest BCUT2D eigenvalue weighted by Crippen LogP contribution is -2.08. The summed E-state index contributed by atoms with van der Waals surface area (Å²) in [6.07, 6.45) is 4.44. The third-order valence-corrected chi connectivity index (χ3v) is 6.52. The van der Waals surface area contributed by atoms with Crippen molar-refractivity contribution in [1.29, 1.82) is 0 Å². The van der Waals surface area contributed by atoms with Crippen molar-refractivity contribution in [1.82, 2.24) is 9.55 Å². The highest BCUT2D eigenvalue weighted by atomic mass is 32.2. The Hall–Kier alpha value is -2.40. The van der Waals surface area contributed by atoms with E-state index < -0.39 is 9.84 Å². The van der Waals surface area contributed by atoms with E-state index >= 15 is 0 Å². The minimum absolute atomic E-state index is 0.229. The number of aryl methyl sites for hydroxylation is 1. The van der Waals surface area contributed by atoms with Gasteiger partial charge in [0.2, 0.25) is 0 Å². The molecule has 2 aromatic carbocycles. The maximum Gasteiger partial charge on any atom is 0.150 e. The molecule has 3 aromatic rings. The Labute approximate surface area is 161 Å². The molecule has 0 aliphatic heterocycles. The van der Waals surface area contributed by atoms with Gasteiger partial charge in [0, 0.05) is 23.4 Å². The molecule has 0 amide bonds. The van der Waals surface area contributed by atoms with Crippen molar-refractivity contribution in [2.24, 2.45) is 0 Å². The zero-order valence-electron chi connectivity index (χ0n) is 15.7. The largest absolute Gasteiger partial charge is 0.330 e. The number of sulfone groups is 1. The van der Waals surface area contributed by atoms with Crippen LogP contribution in [-0.2, 0) is 16.4 Å². The summed E-state index contributed by atoms with van der Waals surface area (Å²) >= 11 is 0. The third-order valence-electron chi connectivity index (χ3n) is 4.73. The smallest absolute Gasteiger partial charge is 0.150 e. The molecule has 4 nitrogen and oxygen atoms in total. The highest BCUT2D eigenvalue weighted by Gasteiger charge is 2.14. The molecule has 5 heteroatoms. The van der Waals surface area contributed by atoms with Crippen LogP contribution in [0, 0.1) is 0 Å². The predicted octanol–water partition coefficient (Wildman–Crippen LogP) is 4.82. The molecule has 0 spiro atoms. The molecule has 0 saturated heterocycles. The fraction of sp³-hybridized carbons (Fsp3) is 0.318. The van der Waals surface area contributed by atoms with E-state index in [2.05, 4.69) is 33.8 Å². The van der Waals surface area contributed by atoms with Crippen molar-refractivity contribution >= 4 is 9.84 Å². The van der Waals surface area contributed by atoms with E-state index in [0.29, 0.717) is 0 Å². The first-order valence-corrected chi connectivity index (χ1v) is 11.3. The Morgan fingerprint density at radius 1 is 0.852 bits per heavy atom. The Morgan fingerprint density at radius 3 is 2.11 bits per heavy atom. The van der Waals surface area contributed by atoms with Crippen LogP contribution < -0.4 is 0 Å². The Morgan fingerprint density at radius 2 is 1.48 bits per heavy atom. The van der Waals surface area contributed by atoms with Crippen LogP contribution in [0.2, 0.25) is 0 Å². The number of nitrogens with zero attached hydrogens (tertiary/aromatic N) is 2. The topological polar surface area (TPSA) is 52.0 Å². The molecule has 142 valence electrons. The molecule has 0 aliphatic carbocycles. The summed E-state index contributed by atoms with van der Waals surface area (Å²) in [5.74, 6) is 0.515. The van der Waals surface area contributed by atoms with Gasteiger partial charge in [-0.05, 0) is 12.8 Å². The molecular weight excluding hydrogens is 356 g/mol. The zero-order chi connectivity index (χ0) is 19.1. The van der Waals surface area contributed by atoms with Gasteiger partial charge in [-0.1, -0.05) is 74.0 Å². The van der Waals surface area contributed by atoms with Crippen LogP contribution in [-0.4, -0.2) is 29.5 Å². The number of hydrogen-bond acceptors (Lipinski definition) is 3. The quantitative estimate of drug-likeness (QED) is 0.499. The number of hydrogen-bond donors (Lipinski definition) is 0.